The maximum Gasteiger partial charge on any atom is 0.291 e. The van der Waals surface area contributed by atoms with Crippen LogP contribution in [0.3, 0.4) is 0 Å². The van der Waals surface area contributed by atoms with E-state index in [1.807, 2.05) is 14.1 Å². The summed E-state index contributed by atoms with van der Waals surface area (Å²) < 4.78 is 5.68. The van der Waals surface area contributed by atoms with Crippen molar-refractivity contribution in [3.63, 3.8) is 0 Å². The summed E-state index contributed by atoms with van der Waals surface area (Å²) in [6.45, 7) is 1.41. The summed E-state index contributed by atoms with van der Waals surface area (Å²) >= 11 is 12.2. The molecular weight excluding hydrogens is 437 g/mol. The predicted molar refractivity (Wildman–Crippen MR) is 124 cm³/mol. The lowest BCUT2D eigenvalue weighted by Gasteiger charge is -2.12. The first-order chi connectivity index (χ1) is 14.8. The Balaban J connectivity index is 1.71. The highest BCUT2D eigenvalue weighted by atomic mass is 35.5. The van der Waals surface area contributed by atoms with Gasteiger partial charge >= 0.3 is 0 Å². The molecule has 0 fully saturated rings. The van der Waals surface area contributed by atoms with Crippen LogP contribution in [0.1, 0.15) is 27.3 Å². The third-order valence-electron chi connectivity index (χ3n) is 4.51. The summed E-state index contributed by atoms with van der Waals surface area (Å²) in [7, 11) is 3.96. The highest BCUT2D eigenvalue weighted by Crippen LogP contribution is 2.32. The Morgan fingerprint density at radius 2 is 1.77 bits per heavy atom. The summed E-state index contributed by atoms with van der Waals surface area (Å²) in [5, 5.41) is 6.59. The van der Waals surface area contributed by atoms with Crippen molar-refractivity contribution in [1.82, 2.24) is 10.2 Å². The zero-order valence-corrected chi connectivity index (χ0v) is 18.8. The van der Waals surface area contributed by atoms with Crippen molar-refractivity contribution in [2.75, 3.05) is 32.5 Å². The van der Waals surface area contributed by atoms with Gasteiger partial charge in [-0.25, -0.2) is 0 Å². The van der Waals surface area contributed by atoms with Crippen LogP contribution in [-0.4, -0.2) is 43.9 Å². The first-order valence-corrected chi connectivity index (χ1v) is 10.5. The first-order valence-electron chi connectivity index (χ1n) is 9.73. The Morgan fingerprint density at radius 3 is 2.55 bits per heavy atom. The largest absolute Gasteiger partial charge is 0.451 e. The van der Waals surface area contributed by atoms with Crippen LogP contribution in [0.4, 0.5) is 5.69 Å². The number of nitrogens with zero attached hydrogens (tertiary/aromatic N) is 1. The molecule has 6 nitrogen and oxygen atoms in total. The van der Waals surface area contributed by atoms with E-state index >= 15 is 0 Å². The van der Waals surface area contributed by atoms with Gasteiger partial charge in [0.25, 0.3) is 11.8 Å². The number of rotatable bonds is 8. The number of amides is 2. The van der Waals surface area contributed by atoms with E-state index in [-0.39, 0.29) is 11.7 Å². The van der Waals surface area contributed by atoms with Crippen molar-refractivity contribution in [2.45, 2.75) is 6.42 Å². The lowest BCUT2D eigenvalue weighted by molar-refractivity contribution is 0.0953. The molecule has 0 aliphatic rings. The molecule has 2 amide bonds. The summed E-state index contributed by atoms with van der Waals surface area (Å²) in [6, 6.07) is 15.0. The second-order valence-electron chi connectivity index (χ2n) is 7.20. The van der Waals surface area contributed by atoms with E-state index < -0.39 is 5.91 Å². The van der Waals surface area contributed by atoms with Crippen LogP contribution in [0.2, 0.25) is 10.0 Å². The highest BCUT2D eigenvalue weighted by molar-refractivity contribution is 6.35. The minimum atomic E-state index is -0.475. The molecule has 0 saturated heterocycles. The second kappa shape index (κ2) is 10.5. The topological polar surface area (TPSA) is 74.6 Å². The van der Waals surface area contributed by atoms with Crippen LogP contribution in [-0.2, 0) is 0 Å². The molecule has 0 aliphatic heterocycles. The maximum absolute atomic E-state index is 12.7. The Bertz CT molecular complexity index is 1080. The van der Waals surface area contributed by atoms with Crippen molar-refractivity contribution in [3.8, 4) is 11.3 Å². The number of carbonyl (C=O) groups is 2. The molecule has 1 heterocycles. The van der Waals surface area contributed by atoms with Crippen molar-refractivity contribution in [1.29, 1.82) is 0 Å². The lowest BCUT2D eigenvalue weighted by atomic mass is 10.1. The third kappa shape index (κ3) is 6.10. The summed E-state index contributed by atoms with van der Waals surface area (Å²) in [4.78, 5) is 27.3. The number of halogens is 2. The molecule has 0 bridgehead atoms. The number of furan rings is 1. The van der Waals surface area contributed by atoms with Crippen molar-refractivity contribution in [3.05, 3.63) is 76.0 Å². The van der Waals surface area contributed by atoms with Crippen LogP contribution < -0.4 is 10.6 Å². The molecule has 2 N–H and O–H groups in total. The van der Waals surface area contributed by atoms with Gasteiger partial charge in [0.15, 0.2) is 5.76 Å². The number of nitrogens with one attached hydrogen (secondary N) is 2. The molecule has 0 unspecified atom stereocenters. The maximum atomic E-state index is 12.7. The van der Waals surface area contributed by atoms with E-state index in [9.17, 15) is 9.59 Å². The summed E-state index contributed by atoms with van der Waals surface area (Å²) in [6.07, 6.45) is 0.828. The zero-order valence-electron chi connectivity index (χ0n) is 17.2. The predicted octanol–water partition coefficient (Wildman–Crippen LogP) is 5.19. The quantitative estimate of drug-likeness (QED) is 0.454. The van der Waals surface area contributed by atoms with Gasteiger partial charge in [-0.2, -0.15) is 0 Å². The molecule has 31 heavy (non-hydrogen) atoms. The summed E-state index contributed by atoms with van der Waals surface area (Å²) in [5.41, 5.74) is 1.37. The molecule has 0 saturated carbocycles. The first kappa shape index (κ1) is 22.9. The number of hydrogen-bond donors (Lipinski definition) is 2. The molecule has 3 aromatic rings. The van der Waals surface area contributed by atoms with Gasteiger partial charge in [0.05, 0.1) is 16.3 Å². The monoisotopic (exact) mass is 459 g/mol. The number of hydrogen-bond acceptors (Lipinski definition) is 4. The SMILES string of the molecule is CN(C)CCCNC(=O)c1ccccc1NC(=O)c1ccc(-c2cc(Cl)ccc2Cl)o1. The van der Waals surface area contributed by atoms with Gasteiger partial charge in [-0.05, 0) is 69.5 Å². The zero-order chi connectivity index (χ0) is 22.4. The van der Waals surface area contributed by atoms with Gasteiger partial charge in [-0.15, -0.1) is 0 Å². The van der Waals surface area contributed by atoms with E-state index in [0.29, 0.717) is 39.2 Å². The third-order valence-corrected chi connectivity index (χ3v) is 5.08. The van der Waals surface area contributed by atoms with E-state index in [1.165, 1.54) is 0 Å². The smallest absolute Gasteiger partial charge is 0.291 e. The highest BCUT2D eigenvalue weighted by Gasteiger charge is 2.17. The average molecular weight is 460 g/mol. The minimum Gasteiger partial charge on any atom is -0.451 e. The van der Waals surface area contributed by atoms with Crippen molar-refractivity contribution in [2.24, 2.45) is 0 Å². The normalized spacial score (nSPS) is 10.9. The van der Waals surface area contributed by atoms with E-state index in [1.54, 1.807) is 54.6 Å². The summed E-state index contributed by atoms with van der Waals surface area (Å²) in [5.74, 6) is -0.213. The van der Waals surface area contributed by atoms with Gasteiger partial charge in [0.2, 0.25) is 0 Å². The van der Waals surface area contributed by atoms with Crippen molar-refractivity contribution < 1.29 is 14.0 Å². The van der Waals surface area contributed by atoms with E-state index in [0.717, 1.165) is 13.0 Å². The van der Waals surface area contributed by atoms with Gasteiger partial charge < -0.3 is 20.0 Å². The molecular formula is C23H23Cl2N3O3. The van der Waals surface area contributed by atoms with Gasteiger partial charge in [0, 0.05) is 17.1 Å². The van der Waals surface area contributed by atoms with Gasteiger partial charge in [-0.3, -0.25) is 9.59 Å². The Morgan fingerprint density at radius 1 is 1.00 bits per heavy atom. The lowest BCUT2D eigenvalue weighted by Crippen LogP contribution is -2.28. The molecule has 0 atom stereocenters. The standard InChI is InChI=1S/C23H23Cl2N3O3/c1-28(2)13-5-12-26-22(29)16-6-3-4-7-19(16)27-23(30)21-11-10-20(31-21)17-14-15(24)8-9-18(17)25/h3-4,6-11,14H,5,12-13H2,1-2H3,(H,26,29)(H,27,30). The molecule has 1 aromatic heterocycles. The fraction of sp³-hybridized carbons (Fsp3) is 0.217. The number of anilines is 1. The van der Waals surface area contributed by atoms with Crippen LogP contribution in [0.15, 0.2) is 59.0 Å². The van der Waals surface area contributed by atoms with Gasteiger partial charge in [-0.1, -0.05) is 35.3 Å². The Kier molecular flexibility index (Phi) is 7.74. The fourth-order valence-corrected chi connectivity index (χ4v) is 3.34. The molecule has 2 aromatic carbocycles. The minimum absolute atomic E-state index is 0.0900. The van der Waals surface area contributed by atoms with Crippen LogP contribution in [0.25, 0.3) is 11.3 Å². The molecule has 0 radical (unpaired) electrons. The molecule has 162 valence electrons. The van der Waals surface area contributed by atoms with Crippen LogP contribution in [0.5, 0.6) is 0 Å². The van der Waals surface area contributed by atoms with Crippen LogP contribution >= 0.6 is 23.2 Å². The molecule has 0 spiro atoms. The average Bonchev–Trinajstić information content (AvgIpc) is 3.23. The molecule has 3 rings (SSSR count). The van der Waals surface area contributed by atoms with Gasteiger partial charge in [0.1, 0.15) is 5.76 Å². The van der Waals surface area contributed by atoms with Crippen LogP contribution in [0, 0.1) is 0 Å². The number of carbonyl (C=O) groups excluding carboxylic acids is 2. The number of para-hydroxylation sites is 1. The number of benzene rings is 2. The molecule has 0 aliphatic carbocycles. The fourth-order valence-electron chi connectivity index (χ4n) is 2.96. The van der Waals surface area contributed by atoms with E-state index in [4.69, 9.17) is 27.6 Å². The Labute approximate surface area is 191 Å². The molecule has 8 heteroatoms. The van der Waals surface area contributed by atoms with Crippen molar-refractivity contribution >= 4 is 40.7 Å². The van der Waals surface area contributed by atoms with E-state index in [2.05, 4.69) is 15.5 Å². The second-order valence-corrected chi connectivity index (χ2v) is 8.04. The Hall–Kier alpha value is -2.80.